The highest BCUT2D eigenvalue weighted by Crippen LogP contribution is 2.20. The van der Waals surface area contributed by atoms with E-state index in [0.29, 0.717) is 31.5 Å². The molecule has 1 N–H and O–H groups in total. The first-order valence-corrected chi connectivity index (χ1v) is 6.24. The number of rotatable bonds is 2. The number of likely N-dealkylation sites (tertiary alicyclic amines) is 1. The van der Waals surface area contributed by atoms with Crippen molar-refractivity contribution in [1.29, 1.82) is 0 Å². The first-order chi connectivity index (χ1) is 8.61. The van der Waals surface area contributed by atoms with Gasteiger partial charge in [-0.3, -0.25) is 4.79 Å². The van der Waals surface area contributed by atoms with E-state index in [1.165, 1.54) is 0 Å². The molecule has 1 saturated heterocycles. The topological polar surface area (TPSA) is 49.8 Å². The Hall–Kier alpha value is -1.55. The minimum Gasteiger partial charge on any atom is -0.497 e. The standard InChI is InChI=1S/C14H19NO3/c1-10-9-12(18-2)3-4-13(10)14(17)15-7-5-11(16)6-8-15/h3-4,9,11,16H,5-8H2,1-2H3. The molecule has 1 aliphatic heterocycles. The van der Waals surface area contributed by atoms with Gasteiger partial charge < -0.3 is 14.7 Å². The first kappa shape index (κ1) is 12.9. The summed E-state index contributed by atoms with van der Waals surface area (Å²) in [5, 5.41) is 9.45. The fraction of sp³-hybridized carbons (Fsp3) is 0.500. The highest BCUT2D eigenvalue weighted by molar-refractivity contribution is 5.95. The number of benzene rings is 1. The normalized spacial score (nSPS) is 16.7. The number of carbonyl (C=O) groups is 1. The van der Waals surface area contributed by atoms with E-state index in [0.717, 1.165) is 11.3 Å². The van der Waals surface area contributed by atoms with Crippen molar-refractivity contribution in [2.75, 3.05) is 20.2 Å². The maximum Gasteiger partial charge on any atom is 0.254 e. The first-order valence-electron chi connectivity index (χ1n) is 6.24. The van der Waals surface area contributed by atoms with Crippen LogP contribution in [0.5, 0.6) is 5.75 Å². The van der Waals surface area contributed by atoms with Gasteiger partial charge in [-0.25, -0.2) is 0 Å². The minimum atomic E-state index is -0.258. The van der Waals surface area contributed by atoms with E-state index in [1.54, 1.807) is 13.2 Å². The van der Waals surface area contributed by atoms with Crippen LogP contribution in [-0.4, -0.2) is 42.2 Å². The van der Waals surface area contributed by atoms with Gasteiger partial charge in [0.1, 0.15) is 5.75 Å². The molecule has 0 atom stereocenters. The number of aliphatic hydroxyl groups is 1. The van der Waals surface area contributed by atoms with Crippen LogP contribution < -0.4 is 4.74 Å². The van der Waals surface area contributed by atoms with Crippen LogP contribution >= 0.6 is 0 Å². The van der Waals surface area contributed by atoms with Crippen molar-refractivity contribution < 1.29 is 14.6 Å². The van der Waals surface area contributed by atoms with Crippen molar-refractivity contribution in [3.05, 3.63) is 29.3 Å². The largest absolute Gasteiger partial charge is 0.497 e. The Bertz CT molecular complexity index is 437. The number of hydrogen-bond acceptors (Lipinski definition) is 3. The summed E-state index contributed by atoms with van der Waals surface area (Å²) in [6.07, 6.45) is 1.08. The number of nitrogens with zero attached hydrogens (tertiary/aromatic N) is 1. The lowest BCUT2D eigenvalue weighted by Crippen LogP contribution is -2.40. The summed E-state index contributed by atoms with van der Waals surface area (Å²) in [6, 6.07) is 5.48. The lowest BCUT2D eigenvalue weighted by Gasteiger charge is -2.30. The number of carbonyl (C=O) groups excluding carboxylic acids is 1. The van der Waals surface area contributed by atoms with Gasteiger partial charge in [0.15, 0.2) is 0 Å². The van der Waals surface area contributed by atoms with Crippen molar-refractivity contribution in [3.8, 4) is 5.75 Å². The van der Waals surface area contributed by atoms with Crippen LogP contribution in [0.3, 0.4) is 0 Å². The van der Waals surface area contributed by atoms with Crippen LogP contribution in [0.25, 0.3) is 0 Å². The monoisotopic (exact) mass is 249 g/mol. The number of aryl methyl sites for hydroxylation is 1. The fourth-order valence-corrected chi connectivity index (χ4v) is 2.24. The van der Waals surface area contributed by atoms with Crippen LogP contribution in [0.15, 0.2) is 18.2 Å². The van der Waals surface area contributed by atoms with Crippen LogP contribution in [0.1, 0.15) is 28.8 Å². The van der Waals surface area contributed by atoms with Crippen molar-refractivity contribution >= 4 is 5.91 Å². The van der Waals surface area contributed by atoms with Crippen LogP contribution in [0, 0.1) is 6.92 Å². The molecule has 0 aliphatic carbocycles. The van der Waals surface area contributed by atoms with E-state index in [4.69, 9.17) is 4.74 Å². The lowest BCUT2D eigenvalue weighted by atomic mass is 10.0. The molecule has 1 amide bonds. The molecule has 1 aromatic rings. The zero-order valence-electron chi connectivity index (χ0n) is 10.8. The SMILES string of the molecule is COc1ccc(C(=O)N2CCC(O)CC2)c(C)c1. The molecule has 0 bridgehead atoms. The number of aliphatic hydroxyl groups excluding tert-OH is 1. The Morgan fingerprint density at radius 3 is 2.61 bits per heavy atom. The molecule has 0 unspecified atom stereocenters. The summed E-state index contributed by atoms with van der Waals surface area (Å²) in [4.78, 5) is 14.1. The summed E-state index contributed by atoms with van der Waals surface area (Å²) in [5.41, 5.74) is 1.64. The Kier molecular flexibility index (Phi) is 3.87. The van der Waals surface area contributed by atoms with Gasteiger partial charge in [-0.1, -0.05) is 0 Å². The van der Waals surface area contributed by atoms with E-state index in [1.807, 2.05) is 24.0 Å². The molecule has 98 valence electrons. The minimum absolute atomic E-state index is 0.0436. The van der Waals surface area contributed by atoms with Gasteiger partial charge in [0, 0.05) is 18.7 Å². The summed E-state index contributed by atoms with van der Waals surface area (Å²) in [5.74, 6) is 0.806. The van der Waals surface area contributed by atoms with Crippen molar-refractivity contribution in [3.63, 3.8) is 0 Å². The van der Waals surface area contributed by atoms with Crippen molar-refractivity contribution in [2.45, 2.75) is 25.9 Å². The summed E-state index contributed by atoms with van der Waals surface area (Å²) >= 11 is 0. The Labute approximate surface area is 107 Å². The Morgan fingerprint density at radius 2 is 2.06 bits per heavy atom. The number of piperidine rings is 1. The van der Waals surface area contributed by atoms with E-state index >= 15 is 0 Å². The van der Waals surface area contributed by atoms with Gasteiger partial charge >= 0.3 is 0 Å². The average molecular weight is 249 g/mol. The third-order valence-electron chi connectivity index (χ3n) is 3.42. The highest BCUT2D eigenvalue weighted by Gasteiger charge is 2.23. The molecule has 18 heavy (non-hydrogen) atoms. The molecule has 0 radical (unpaired) electrons. The maximum absolute atomic E-state index is 12.3. The van der Waals surface area contributed by atoms with Gasteiger partial charge in [-0.05, 0) is 43.5 Å². The molecule has 1 fully saturated rings. The molecular weight excluding hydrogens is 230 g/mol. The Balaban J connectivity index is 2.13. The molecule has 1 heterocycles. The van der Waals surface area contributed by atoms with Gasteiger partial charge in [-0.15, -0.1) is 0 Å². The third kappa shape index (κ3) is 2.64. The number of methoxy groups -OCH3 is 1. The predicted molar refractivity (Wildman–Crippen MR) is 68.9 cm³/mol. The molecule has 1 aromatic carbocycles. The molecule has 0 aromatic heterocycles. The smallest absolute Gasteiger partial charge is 0.254 e. The quantitative estimate of drug-likeness (QED) is 0.866. The molecule has 1 aliphatic rings. The predicted octanol–water partition coefficient (Wildman–Crippen LogP) is 1.60. The number of amides is 1. The summed E-state index contributed by atoms with van der Waals surface area (Å²) in [7, 11) is 1.61. The molecule has 2 rings (SSSR count). The summed E-state index contributed by atoms with van der Waals surface area (Å²) < 4.78 is 5.13. The van der Waals surface area contributed by atoms with Gasteiger partial charge in [0.05, 0.1) is 13.2 Å². The fourth-order valence-electron chi connectivity index (χ4n) is 2.24. The second-order valence-corrected chi connectivity index (χ2v) is 4.70. The van der Waals surface area contributed by atoms with Crippen molar-refractivity contribution in [1.82, 2.24) is 4.90 Å². The molecule has 0 saturated carbocycles. The molecular formula is C14H19NO3. The molecule has 0 spiro atoms. The highest BCUT2D eigenvalue weighted by atomic mass is 16.5. The Morgan fingerprint density at radius 1 is 1.39 bits per heavy atom. The maximum atomic E-state index is 12.3. The van der Waals surface area contributed by atoms with E-state index in [-0.39, 0.29) is 12.0 Å². The van der Waals surface area contributed by atoms with Crippen LogP contribution in [0.4, 0.5) is 0 Å². The van der Waals surface area contributed by atoms with Crippen LogP contribution in [-0.2, 0) is 0 Å². The van der Waals surface area contributed by atoms with Gasteiger partial charge in [-0.2, -0.15) is 0 Å². The average Bonchev–Trinajstić information content (AvgIpc) is 2.38. The number of hydrogen-bond donors (Lipinski definition) is 1. The zero-order chi connectivity index (χ0) is 13.1. The molecule has 4 heteroatoms. The van der Waals surface area contributed by atoms with E-state index < -0.39 is 0 Å². The molecule has 4 nitrogen and oxygen atoms in total. The van der Waals surface area contributed by atoms with E-state index in [9.17, 15) is 9.90 Å². The van der Waals surface area contributed by atoms with Gasteiger partial charge in [0.25, 0.3) is 5.91 Å². The lowest BCUT2D eigenvalue weighted by molar-refractivity contribution is 0.0546. The summed E-state index contributed by atoms with van der Waals surface area (Å²) in [6.45, 7) is 3.17. The second-order valence-electron chi connectivity index (χ2n) is 4.70. The van der Waals surface area contributed by atoms with Crippen molar-refractivity contribution in [2.24, 2.45) is 0 Å². The van der Waals surface area contributed by atoms with E-state index in [2.05, 4.69) is 0 Å². The number of ether oxygens (including phenoxy) is 1. The zero-order valence-corrected chi connectivity index (χ0v) is 10.8. The second kappa shape index (κ2) is 5.40. The third-order valence-corrected chi connectivity index (χ3v) is 3.42. The van der Waals surface area contributed by atoms with Gasteiger partial charge in [0.2, 0.25) is 0 Å². The van der Waals surface area contributed by atoms with Crippen LogP contribution in [0.2, 0.25) is 0 Å².